The summed E-state index contributed by atoms with van der Waals surface area (Å²) >= 11 is 0. The lowest BCUT2D eigenvalue weighted by Crippen LogP contribution is -2.40. The van der Waals surface area contributed by atoms with Gasteiger partial charge in [0.25, 0.3) is 0 Å². The van der Waals surface area contributed by atoms with Gasteiger partial charge in [-0.05, 0) is 0 Å². The van der Waals surface area contributed by atoms with Crippen LogP contribution in [-0.4, -0.2) is 17.3 Å². The lowest BCUT2D eigenvalue weighted by molar-refractivity contribution is 0.656. The molecule has 0 aromatic heterocycles. The highest BCUT2D eigenvalue weighted by atomic mass is 15.4. The quantitative estimate of drug-likeness (QED) is 0.142. The van der Waals surface area contributed by atoms with Gasteiger partial charge in [-0.25, -0.2) is 10.9 Å². The fourth-order valence-corrected chi connectivity index (χ4v) is 0.0695. The first-order chi connectivity index (χ1) is 3.18. The van der Waals surface area contributed by atoms with Gasteiger partial charge in [0, 0.05) is 0 Å². The third-order valence-electron chi connectivity index (χ3n) is 0.417. The van der Waals surface area contributed by atoms with E-state index in [1.165, 1.54) is 0 Å². The average molecular weight is 101 g/mol. The van der Waals surface area contributed by atoms with E-state index in [-0.39, 0.29) is 5.96 Å². The fraction of sp³-hybridized carbons (Fsp3) is 0. The molecule has 0 aromatic carbocycles. The molecule has 40 valence electrons. The maximum absolute atomic E-state index is 6.53. The van der Waals surface area contributed by atoms with Gasteiger partial charge < -0.3 is 5.73 Å². The normalized spacial score (nSPS) is 7.57. The Morgan fingerprint density at radius 3 is 2.14 bits per heavy atom. The lowest BCUT2D eigenvalue weighted by Gasteiger charge is -2.05. The molecule has 5 heteroatoms. The third kappa shape index (κ3) is 1.72. The van der Waals surface area contributed by atoms with Gasteiger partial charge in [0.2, 0.25) is 5.96 Å². The van der Waals surface area contributed by atoms with Crippen LogP contribution in [0.15, 0.2) is 0 Å². The second-order valence-electron chi connectivity index (χ2n) is 0.922. The molecule has 0 aliphatic heterocycles. The smallest absolute Gasteiger partial charge is 0.208 e. The van der Waals surface area contributed by atoms with Crippen LogP contribution in [0, 0.1) is 10.8 Å². The average Bonchev–Trinajstić information content (AvgIpc) is 1.65. The van der Waals surface area contributed by atoms with Crippen molar-refractivity contribution < 1.29 is 0 Å². The largest absolute Gasteiger partial charge is 0.369 e. The van der Waals surface area contributed by atoms with Crippen LogP contribution in [0.2, 0.25) is 0 Å². The Bertz CT molecular complexity index is 86.1. The first-order valence-electron chi connectivity index (χ1n) is 1.57. The predicted octanol–water partition coefficient (Wildman–Crippen LogP) is -1.34. The molecular weight excluding hydrogens is 94.1 g/mol. The molecule has 6 N–H and O–H groups in total. The zero-order valence-corrected chi connectivity index (χ0v) is 3.68. The van der Waals surface area contributed by atoms with Crippen LogP contribution in [0.1, 0.15) is 0 Å². The molecule has 5 nitrogen and oxygen atoms in total. The second-order valence-corrected chi connectivity index (χ2v) is 0.922. The molecule has 0 fully saturated rings. The summed E-state index contributed by atoms with van der Waals surface area (Å²) in [6.07, 6.45) is 0.752. The number of hydrogen-bond donors (Lipinski definition) is 4. The molecule has 0 saturated heterocycles. The number of nitrogens with one attached hydrogen (secondary N) is 2. The van der Waals surface area contributed by atoms with Crippen LogP contribution in [0.25, 0.3) is 0 Å². The number of nitrogens with two attached hydrogens (primary N) is 2. The standard InChI is InChI=1S/C2H7N5/c3-1-7(6)2(4)5/h1,3H,6H2,(H3,4,5). The van der Waals surface area contributed by atoms with Gasteiger partial charge in [0.05, 0.1) is 0 Å². The van der Waals surface area contributed by atoms with E-state index in [1.807, 2.05) is 0 Å². The highest BCUT2D eigenvalue weighted by Crippen LogP contribution is 1.59. The zero-order valence-electron chi connectivity index (χ0n) is 3.68. The van der Waals surface area contributed by atoms with Crippen molar-refractivity contribution in [3.8, 4) is 0 Å². The van der Waals surface area contributed by atoms with Gasteiger partial charge in [-0.3, -0.25) is 10.8 Å². The van der Waals surface area contributed by atoms with Crippen molar-refractivity contribution in [2.24, 2.45) is 11.6 Å². The van der Waals surface area contributed by atoms with E-state index in [4.69, 9.17) is 22.4 Å². The van der Waals surface area contributed by atoms with Crippen molar-refractivity contribution in [3.05, 3.63) is 0 Å². The lowest BCUT2D eigenvalue weighted by atomic mass is 10.9. The summed E-state index contributed by atoms with van der Waals surface area (Å²) in [5.74, 6) is 4.52. The molecule has 7 heavy (non-hydrogen) atoms. The summed E-state index contributed by atoms with van der Waals surface area (Å²) in [6.45, 7) is 0. The monoisotopic (exact) mass is 101 g/mol. The van der Waals surface area contributed by atoms with Gasteiger partial charge >= 0.3 is 0 Å². The van der Waals surface area contributed by atoms with Crippen LogP contribution in [0.5, 0.6) is 0 Å². The zero-order chi connectivity index (χ0) is 5.86. The van der Waals surface area contributed by atoms with E-state index >= 15 is 0 Å². The van der Waals surface area contributed by atoms with Crippen molar-refractivity contribution in [2.75, 3.05) is 0 Å². The minimum atomic E-state index is -0.338. The maximum atomic E-state index is 6.53. The molecule has 0 spiro atoms. The molecule has 0 unspecified atom stereocenters. The maximum Gasteiger partial charge on any atom is 0.208 e. The highest BCUT2D eigenvalue weighted by molar-refractivity contribution is 5.84. The minimum Gasteiger partial charge on any atom is -0.369 e. The second kappa shape index (κ2) is 2.14. The van der Waals surface area contributed by atoms with Gasteiger partial charge in [-0.1, -0.05) is 0 Å². The Labute approximate surface area is 40.9 Å². The number of guanidine groups is 1. The Hall–Kier alpha value is -1.10. The number of hydrogen-bond acceptors (Lipinski definition) is 3. The van der Waals surface area contributed by atoms with Crippen LogP contribution in [0.4, 0.5) is 0 Å². The first-order valence-corrected chi connectivity index (χ1v) is 1.57. The molecule has 0 saturated carbocycles. The molecule has 0 aromatic rings. The Kier molecular flexibility index (Phi) is 1.80. The SMILES string of the molecule is N=CN(N)C(=N)N. The molecule has 0 bridgehead atoms. The first kappa shape index (κ1) is 5.90. The van der Waals surface area contributed by atoms with E-state index in [0.29, 0.717) is 5.01 Å². The van der Waals surface area contributed by atoms with Crippen molar-refractivity contribution >= 4 is 12.3 Å². The minimum absolute atomic E-state index is 0.338. The highest BCUT2D eigenvalue weighted by Gasteiger charge is 1.88. The van der Waals surface area contributed by atoms with E-state index in [1.54, 1.807) is 0 Å². The predicted molar refractivity (Wildman–Crippen MR) is 26.7 cm³/mol. The van der Waals surface area contributed by atoms with E-state index in [9.17, 15) is 0 Å². The fourth-order valence-electron chi connectivity index (χ4n) is 0.0695. The summed E-state index contributed by atoms with van der Waals surface area (Å²) < 4.78 is 0. The van der Waals surface area contributed by atoms with Crippen LogP contribution >= 0.6 is 0 Å². The molecule has 0 amide bonds. The number of hydrazine groups is 1. The van der Waals surface area contributed by atoms with Crippen LogP contribution < -0.4 is 11.6 Å². The van der Waals surface area contributed by atoms with E-state index in [0.717, 1.165) is 6.34 Å². The topological polar surface area (TPSA) is 103 Å². The molecular formula is C2H7N5. The Morgan fingerprint density at radius 1 is 1.71 bits per heavy atom. The van der Waals surface area contributed by atoms with Crippen LogP contribution in [-0.2, 0) is 0 Å². The molecule has 0 rings (SSSR count). The number of nitrogens with zero attached hydrogens (tertiary/aromatic N) is 1. The summed E-state index contributed by atoms with van der Waals surface area (Å²) in [4.78, 5) is 0. The summed E-state index contributed by atoms with van der Waals surface area (Å²) in [5.41, 5.74) is 4.78. The Morgan fingerprint density at radius 2 is 2.14 bits per heavy atom. The van der Waals surface area contributed by atoms with Gasteiger partial charge in [0.1, 0.15) is 6.34 Å². The summed E-state index contributed by atoms with van der Waals surface area (Å²) in [7, 11) is 0. The summed E-state index contributed by atoms with van der Waals surface area (Å²) in [5, 5.41) is 13.6. The van der Waals surface area contributed by atoms with Crippen LogP contribution in [0.3, 0.4) is 0 Å². The van der Waals surface area contributed by atoms with Gasteiger partial charge in [0.15, 0.2) is 0 Å². The molecule has 0 heterocycles. The van der Waals surface area contributed by atoms with Crippen molar-refractivity contribution in [3.63, 3.8) is 0 Å². The van der Waals surface area contributed by atoms with Gasteiger partial charge in [-0.15, -0.1) is 0 Å². The molecule has 0 radical (unpaired) electrons. The Balaban J connectivity index is 3.55. The van der Waals surface area contributed by atoms with Crippen molar-refractivity contribution in [1.29, 1.82) is 10.8 Å². The van der Waals surface area contributed by atoms with E-state index < -0.39 is 0 Å². The van der Waals surface area contributed by atoms with Gasteiger partial charge in [-0.2, -0.15) is 0 Å². The molecule has 0 aliphatic rings. The summed E-state index contributed by atoms with van der Waals surface area (Å²) in [6, 6.07) is 0. The van der Waals surface area contributed by atoms with Crippen molar-refractivity contribution in [1.82, 2.24) is 5.01 Å². The molecule has 0 atom stereocenters. The number of rotatable bonds is 1. The molecule has 0 aliphatic carbocycles. The van der Waals surface area contributed by atoms with Crippen molar-refractivity contribution in [2.45, 2.75) is 0 Å². The van der Waals surface area contributed by atoms with E-state index in [2.05, 4.69) is 0 Å². The third-order valence-corrected chi connectivity index (χ3v) is 0.417.